The fourth-order valence-corrected chi connectivity index (χ4v) is 2.37. The molecule has 0 aromatic heterocycles. The summed E-state index contributed by atoms with van der Waals surface area (Å²) in [7, 11) is 0. The summed E-state index contributed by atoms with van der Waals surface area (Å²) in [5.41, 5.74) is 0. The second-order valence-corrected chi connectivity index (χ2v) is 6.93. The highest BCUT2D eigenvalue weighted by Crippen LogP contribution is 2.17. The van der Waals surface area contributed by atoms with Gasteiger partial charge in [-0.05, 0) is 25.7 Å². The van der Waals surface area contributed by atoms with E-state index in [2.05, 4.69) is 64.4 Å². The summed E-state index contributed by atoms with van der Waals surface area (Å²) >= 11 is 18.0. The summed E-state index contributed by atoms with van der Waals surface area (Å²) in [5.74, 6) is 0. The maximum absolute atomic E-state index is 5.60. The van der Waals surface area contributed by atoms with Gasteiger partial charge in [-0.25, -0.2) is 0 Å². The molecule has 0 spiro atoms. The lowest BCUT2D eigenvalue weighted by Gasteiger charge is -2.18. The summed E-state index contributed by atoms with van der Waals surface area (Å²) in [6.45, 7) is 5.78. The molecule has 0 aromatic rings. The van der Waals surface area contributed by atoms with Gasteiger partial charge in [0.15, 0.2) is 0 Å². The summed E-state index contributed by atoms with van der Waals surface area (Å²) in [5, 5.41) is 1.37. The van der Waals surface area contributed by atoms with Crippen molar-refractivity contribution in [2.24, 2.45) is 0 Å². The van der Waals surface area contributed by atoms with Gasteiger partial charge in [-0.3, -0.25) is 0 Å². The monoisotopic (exact) mass is 314 g/mol. The lowest BCUT2D eigenvalue weighted by molar-refractivity contribution is 0.128. The average molecular weight is 315 g/mol. The van der Waals surface area contributed by atoms with E-state index in [9.17, 15) is 0 Å². The number of rotatable bonds is 10. The van der Waals surface area contributed by atoms with Crippen molar-refractivity contribution in [1.29, 1.82) is 0 Å². The van der Waals surface area contributed by atoms with Gasteiger partial charge in [0.05, 0.1) is 0 Å². The van der Waals surface area contributed by atoms with Gasteiger partial charge in [0.25, 0.3) is 0 Å². The van der Waals surface area contributed by atoms with E-state index < -0.39 is 0 Å². The third-order valence-corrected chi connectivity index (χ3v) is 6.00. The Hall–Kier alpha value is 1.36. The molecule has 0 aliphatic heterocycles. The molecular weight excluding hydrogens is 288 g/mol. The van der Waals surface area contributed by atoms with Crippen LogP contribution in [0.1, 0.15) is 39.5 Å². The first kappa shape index (κ1) is 18.4. The van der Waals surface area contributed by atoms with Crippen LogP contribution in [-0.4, -0.2) is 34.2 Å². The minimum absolute atomic E-state index is 0.323. The Bertz CT molecular complexity index is 162. The summed E-state index contributed by atoms with van der Waals surface area (Å²) in [4.78, 5) is 0. The van der Waals surface area contributed by atoms with Gasteiger partial charge in [-0.15, -0.1) is 0 Å². The van der Waals surface area contributed by atoms with Crippen molar-refractivity contribution in [3.05, 3.63) is 0 Å². The van der Waals surface area contributed by atoms with E-state index in [1.165, 1.54) is 0 Å². The van der Waals surface area contributed by atoms with Crippen LogP contribution in [0, 0.1) is 0 Å². The summed E-state index contributed by atoms with van der Waals surface area (Å²) < 4.78 is 5.60. The van der Waals surface area contributed by atoms with Crippen molar-refractivity contribution in [1.82, 2.24) is 0 Å². The van der Waals surface area contributed by atoms with Crippen LogP contribution in [0.5, 0.6) is 0 Å². The Balaban J connectivity index is 3.46. The molecule has 0 N–H and O–H groups in total. The molecule has 0 rings (SSSR count). The molecule has 5 heteroatoms. The van der Waals surface area contributed by atoms with Crippen LogP contribution in [0.4, 0.5) is 0 Å². The summed E-state index contributed by atoms with van der Waals surface area (Å²) in [6, 6.07) is 0. The zero-order valence-electron chi connectivity index (χ0n) is 10.7. The van der Waals surface area contributed by atoms with Gasteiger partial charge in [0, 0.05) is 34.2 Å². The molecular formula is C12H26OS4. The minimum atomic E-state index is 0.323. The minimum Gasteiger partial charge on any atom is -0.381 e. The molecule has 17 heavy (non-hydrogen) atoms. The fraction of sp³-hybridized carbons (Fsp3) is 1.00. The van der Waals surface area contributed by atoms with Crippen LogP contribution < -0.4 is 0 Å². The molecule has 0 bridgehead atoms. The molecule has 0 aliphatic carbocycles. The lowest BCUT2D eigenvalue weighted by atomic mass is 10.2. The second-order valence-electron chi connectivity index (χ2n) is 4.28. The fourth-order valence-electron chi connectivity index (χ4n) is 1.44. The van der Waals surface area contributed by atoms with Crippen molar-refractivity contribution < 1.29 is 4.74 Å². The Morgan fingerprint density at radius 1 is 0.706 bits per heavy atom. The molecule has 0 saturated heterocycles. The van der Waals surface area contributed by atoms with Crippen LogP contribution in [0.3, 0.4) is 0 Å². The van der Waals surface area contributed by atoms with Crippen molar-refractivity contribution in [2.75, 3.05) is 13.2 Å². The molecule has 0 aromatic carbocycles. The van der Waals surface area contributed by atoms with Crippen LogP contribution in [0.2, 0.25) is 0 Å². The van der Waals surface area contributed by atoms with Gasteiger partial charge in [0.1, 0.15) is 0 Å². The zero-order chi connectivity index (χ0) is 13.3. The van der Waals surface area contributed by atoms with Gasteiger partial charge in [-0.2, -0.15) is 50.5 Å². The van der Waals surface area contributed by atoms with Crippen LogP contribution in [-0.2, 0) is 4.74 Å². The first-order valence-electron chi connectivity index (χ1n) is 6.32. The molecule has 0 aliphatic rings. The molecule has 0 heterocycles. The molecule has 4 unspecified atom stereocenters. The molecule has 4 atom stereocenters. The first-order valence-corrected chi connectivity index (χ1v) is 8.39. The first-order chi connectivity index (χ1) is 8.02. The van der Waals surface area contributed by atoms with E-state index in [1.54, 1.807) is 0 Å². The Labute approximate surface area is 128 Å². The quantitative estimate of drug-likeness (QED) is 0.354. The molecule has 1 nitrogen and oxygen atoms in total. The Kier molecular flexibility index (Phi) is 12.1. The van der Waals surface area contributed by atoms with Crippen molar-refractivity contribution in [3.63, 3.8) is 0 Å². The third-order valence-electron chi connectivity index (χ3n) is 2.84. The van der Waals surface area contributed by atoms with Gasteiger partial charge in [-0.1, -0.05) is 13.8 Å². The predicted octanol–water partition coefficient (Wildman–Crippen LogP) is 3.80. The van der Waals surface area contributed by atoms with E-state index in [0.29, 0.717) is 21.0 Å². The smallest absolute Gasteiger partial charge is 0.0476 e. The SMILES string of the molecule is CCC(S)C(S)CCOCCC(S)C(S)CC. The molecule has 0 fully saturated rings. The largest absolute Gasteiger partial charge is 0.381 e. The highest BCUT2D eigenvalue weighted by atomic mass is 32.1. The Morgan fingerprint density at radius 2 is 1.06 bits per heavy atom. The average Bonchev–Trinajstić information content (AvgIpc) is 2.35. The van der Waals surface area contributed by atoms with E-state index in [0.717, 1.165) is 38.9 Å². The highest BCUT2D eigenvalue weighted by Gasteiger charge is 2.13. The number of hydrogen-bond acceptors (Lipinski definition) is 5. The number of thiol groups is 4. The number of ether oxygens (including phenoxy) is 1. The van der Waals surface area contributed by atoms with Crippen molar-refractivity contribution in [2.45, 2.75) is 60.5 Å². The van der Waals surface area contributed by atoms with Crippen molar-refractivity contribution >= 4 is 50.5 Å². The molecule has 0 amide bonds. The second kappa shape index (κ2) is 11.2. The molecule has 104 valence electrons. The lowest BCUT2D eigenvalue weighted by Crippen LogP contribution is -2.19. The maximum atomic E-state index is 5.60. The summed E-state index contributed by atoms with van der Waals surface area (Å²) in [6.07, 6.45) is 4.02. The van der Waals surface area contributed by atoms with Crippen LogP contribution in [0.25, 0.3) is 0 Å². The maximum Gasteiger partial charge on any atom is 0.0476 e. The van der Waals surface area contributed by atoms with E-state index in [4.69, 9.17) is 4.74 Å². The normalized spacial score (nSPS) is 18.7. The molecule has 0 saturated carbocycles. The van der Waals surface area contributed by atoms with Gasteiger partial charge >= 0.3 is 0 Å². The van der Waals surface area contributed by atoms with E-state index in [1.807, 2.05) is 0 Å². The standard InChI is InChI=1S/C12H26OS4/c1-3-9(14)11(16)5-7-13-8-6-12(17)10(15)4-2/h9-12,14-17H,3-8H2,1-2H3. The Morgan fingerprint density at radius 3 is 1.35 bits per heavy atom. The van der Waals surface area contributed by atoms with Crippen molar-refractivity contribution in [3.8, 4) is 0 Å². The van der Waals surface area contributed by atoms with E-state index in [-0.39, 0.29) is 0 Å². The van der Waals surface area contributed by atoms with E-state index >= 15 is 0 Å². The predicted molar refractivity (Wildman–Crippen MR) is 91.7 cm³/mol. The third kappa shape index (κ3) is 8.98. The van der Waals surface area contributed by atoms with Gasteiger partial charge in [0.2, 0.25) is 0 Å². The number of hydrogen-bond donors (Lipinski definition) is 4. The topological polar surface area (TPSA) is 9.23 Å². The highest BCUT2D eigenvalue weighted by molar-refractivity contribution is 7.85. The molecule has 0 radical (unpaired) electrons. The van der Waals surface area contributed by atoms with Crippen LogP contribution in [0.15, 0.2) is 0 Å². The zero-order valence-corrected chi connectivity index (χ0v) is 14.3. The van der Waals surface area contributed by atoms with Gasteiger partial charge < -0.3 is 4.74 Å². The van der Waals surface area contributed by atoms with Crippen LogP contribution >= 0.6 is 50.5 Å².